The van der Waals surface area contributed by atoms with Gasteiger partial charge in [-0.05, 0) is 19.9 Å². The van der Waals surface area contributed by atoms with E-state index in [9.17, 15) is 9.59 Å². The summed E-state index contributed by atoms with van der Waals surface area (Å²) in [4.78, 5) is 28.6. The molecule has 0 fully saturated rings. The lowest BCUT2D eigenvalue weighted by atomic mass is 10.1. The van der Waals surface area contributed by atoms with Gasteiger partial charge in [0, 0.05) is 17.1 Å². The minimum atomic E-state index is -0.536. The monoisotopic (exact) mass is 288 g/mol. The van der Waals surface area contributed by atoms with Crippen LogP contribution in [-0.2, 0) is 4.79 Å². The van der Waals surface area contributed by atoms with E-state index in [1.807, 2.05) is 24.3 Å². The van der Waals surface area contributed by atoms with Crippen molar-refractivity contribution >= 4 is 22.6 Å². The summed E-state index contributed by atoms with van der Waals surface area (Å²) in [6.07, 6.45) is 1.60. The van der Waals surface area contributed by atoms with Crippen LogP contribution in [0.3, 0.4) is 0 Å². The maximum atomic E-state index is 12.2. The molecule has 3 N–H and O–H groups in total. The smallest absolute Gasteiger partial charge is 0.292 e. The predicted octanol–water partition coefficient (Wildman–Crippen LogP) is 0.392. The summed E-state index contributed by atoms with van der Waals surface area (Å²) in [6.45, 7) is 7.60. The first-order valence-electron chi connectivity index (χ1n) is 7.39. The summed E-state index contributed by atoms with van der Waals surface area (Å²) < 4.78 is 0. The third-order valence-corrected chi connectivity index (χ3v) is 3.80. The fourth-order valence-electron chi connectivity index (χ4n) is 2.42. The minimum absolute atomic E-state index is 0.429. The highest BCUT2D eigenvalue weighted by atomic mass is 16.2. The Morgan fingerprint density at radius 3 is 2.62 bits per heavy atom. The van der Waals surface area contributed by atoms with Gasteiger partial charge in [-0.15, -0.1) is 0 Å². The highest BCUT2D eigenvalue weighted by Crippen LogP contribution is 2.17. The molecule has 21 heavy (non-hydrogen) atoms. The van der Waals surface area contributed by atoms with Crippen molar-refractivity contribution in [3.05, 3.63) is 36.0 Å². The molecule has 1 aromatic carbocycles. The fraction of sp³-hybridized carbons (Fsp3) is 0.375. The number of carbonyl (C=O) groups excluding carboxylic acids is 2. The molecule has 1 aromatic heterocycles. The number of amides is 1. The fourth-order valence-corrected chi connectivity index (χ4v) is 2.42. The molecular formula is C16H22N3O2+. The van der Waals surface area contributed by atoms with E-state index in [4.69, 9.17) is 0 Å². The molecule has 0 aliphatic heterocycles. The van der Waals surface area contributed by atoms with Crippen LogP contribution in [0.1, 0.15) is 24.2 Å². The normalized spacial score (nSPS) is 11.0. The van der Waals surface area contributed by atoms with Crippen molar-refractivity contribution < 1.29 is 14.5 Å². The van der Waals surface area contributed by atoms with Crippen LogP contribution in [0.25, 0.3) is 10.9 Å². The molecular weight excluding hydrogens is 266 g/mol. The molecule has 0 saturated heterocycles. The SMILES string of the molecule is CC[NH+](CC)CCNC(=O)C(=O)c1c[nH]c2ccccc12. The molecule has 1 amide bonds. The van der Waals surface area contributed by atoms with Crippen molar-refractivity contribution in [2.45, 2.75) is 13.8 Å². The first-order valence-corrected chi connectivity index (χ1v) is 7.39. The van der Waals surface area contributed by atoms with Gasteiger partial charge >= 0.3 is 0 Å². The van der Waals surface area contributed by atoms with Crippen LogP contribution in [0.4, 0.5) is 0 Å². The van der Waals surface area contributed by atoms with Crippen molar-refractivity contribution in [1.82, 2.24) is 10.3 Å². The number of aromatic nitrogens is 1. The number of fused-ring (bicyclic) bond motifs is 1. The summed E-state index contributed by atoms with van der Waals surface area (Å²) in [5.74, 6) is -1.02. The Kier molecular flexibility index (Phi) is 5.11. The summed E-state index contributed by atoms with van der Waals surface area (Å²) in [6, 6.07) is 7.47. The van der Waals surface area contributed by atoms with E-state index in [0.29, 0.717) is 12.1 Å². The number of nitrogens with one attached hydrogen (secondary N) is 3. The number of benzene rings is 1. The van der Waals surface area contributed by atoms with E-state index in [0.717, 1.165) is 30.5 Å². The second-order valence-corrected chi connectivity index (χ2v) is 5.04. The predicted molar refractivity (Wildman–Crippen MR) is 82.6 cm³/mol. The number of hydrogen-bond acceptors (Lipinski definition) is 2. The molecule has 0 radical (unpaired) electrons. The zero-order valence-corrected chi connectivity index (χ0v) is 12.5. The lowest BCUT2D eigenvalue weighted by Crippen LogP contribution is -3.12. The Hall–Kier alpha value is -2.14. The van der Waals surface area contributed by atoms with Gasteiger partial charge < -0.3 is 15.2 Å². The molecule has 0 atom stereocenters. The molecule has 0 aliphatic carbocycles. The van der Waals surface area contributed by atoms with Crippen molar-refractivity contribution in [2.24, 2.45) is 0 Å². The highest BCUT2D eigenvalue weighted by Gasteiger charge is 2.19. The summed E-state index contributed by atoms with van der Waals surface area (Å²) in [7, 11) is 0. The van der Waals surface area contributed by atoms with E-state index in [1.54, 1.807) is 6.20 Å². The number of rotatable bonds is 7. The van der Waals surface area contributed by atoms with E-state index >= 15 is 0 Å². The Morgan fingerprint density at radius 2 is 1.90 bits per heavy atom. The zero-order valence-electron chi connectivity index (χ0n) is 12.5. The minimum Gasteiger partial charge on any atom is -0.360 e. The Morgan fingerprint density at radius 1 is 1.19 bits per heavy atom. The molecule has 1 heterocycles. The number of ketones is 1. The van der Waals surface area contributed by atoms with E-state index < -0.39 is 11.7 Å². The second kappa shape index (κ2) is 7.04. The van der Waals surface area contributed by atoms with Crippen LogP contribution < -0.4 is 10.2 Å². The van der Waals surface area contributed by atoms with Crippen molar-refractivity contribution in [3.63, 3.8) is 0 Å². The molecule has 5 heteroatoms. The molecule has 0 aliphatic rings. The van der Waals surface area contributed by atoms with Gasteiger partial charge in [-0.3, -0.25) is 9.59 Å². The lowest BCUT2D eigenvalue weighted by molar-refractivity contribution is -0.895. The number of Topliss-reactive ketones (excluding diaryl/α,β-unsaturated/α-hetero) is 1. The molecule has 5 nitrogen and oxygen atoms in total. The van der Waals surface area contributed by atoms with E-state index in [-0.39, 0.29) is 0 Å². The average Bonchev–Trinajstić information content (AvgIpc) is 2.94. The quantitative estimate of drug-likeness (QED) is 0.510. The van der Waals surface area contributed by atoms with Crippen molar-refractivity contribution in [1.29, 1.82) is 0 Å². The van der Waals surface area contributed by atoms with Gasteiger partial charge in [0.15, 0.2) is 0 Å². The van der Waals surface area contributed by atoms with Crippen LogP contribution in [0.15, 0.2) is 30.5 Å². The van der Waals surface area contributed by atoms with Crippen LogP contribution in [-0.4, -0.2) is 42.9 Å². The lowest BCUT2D eigenvalue weighted by Gasteiger charge is -2.15. The van der Waals surface area contributed by atoms with Crippen molar-refractivity contribution in [2.75, 3.05) is 26.2 Å². The van der Waals surface area contributed by atoms with Gasteiger partial charge in [0.2, 0.25) is 0 Å². The maximum Gasteiger partial charge on any atom is 0.292 e. The molecule has 2 aromatic rings. The van der Waals surface area contributed by atoms with Gasteiger partial charge in [-0.2, -0.15) is 0 Å². The first-order chi connectivity index (χ1) is 10.2. The van der Waals surface area contributed by atoms with Crippen LogP contribution >= 0.6 is 0 Å². The largest absolute Gasteiger partial charge is 0.360 e. The number of carbonyl (C=O) groups is 2. The van der Waals surface area contributed by atoms with Crippen molar-refractivity contribution in [3.8, 4) is 0 Å². The van der Waals surface area contributed by atoms with Gasteiger partial charge in [-0.25, -0.2) is 0 Å². The summed E-state index contributed by atoms with van der Waals surface area (Å²) in [5, 5.41) is 3.50. The number of hydrogen-bond donors (Lipinski definition) is 3. The molecule has 0 spiro atoms. The standard InChI is InChI=1S/C16H21N3O2/c1-3-19(4-2)10-9-17-16(21)15(20)13-11-18-14-8-6-5-7-12(13)14/h5-8,11,18H,3-4,9-10H2,1-2H3,(H,17,21)/p+1. The molecule has 112 valence electrons. The maximum absolute atomic E-state index is 12.2. The van der Waals surface area contributed by atoms with Gasteiger partial charge in [-0.1, -0.05) is 18.2 Å². The van der Waals surface area contributed by atoms with Crippen LogP contribution in [0.5, 0.6) is 0 Å². The number of quaternary nitrogens is 1. The molecule has 2 rings (SSSR count). The molecule has 0 saturated carbocycles. The molecule has 0 unspecified atom stereocenters. The molecule has 0 bridgehead atoms. The highest BCUT2D eigenvalue weighted by molar-refractivity contribution is 6.44. The van der Waals surface area contributed by atoms with E-state index in [1.165, 1.54) is 4.90 Å². The number of likely N-dealkylation sites (N-methyl/N-ethyl adjacent to an activating group) is 1. The second-order valence-electron chi connectivity index (χ2n) is 5.04. The van der Waals surface area contributed by atoms with Crippen LogP contribution in [0, 0.1) is 0 Å². The zero-order chi connectivity index (χ0) is 15.2. The number of para-hydroxylation sites is 1. The first kappa shape index (κ1) is 15.3. The average molecular weight is 288 g/mol. The third kappa shape index (κ3) is 3.49. The van der Waals surface area contributed by atoms with Gasteiger partial charge in [0.1, 0.15) is 0 Å². The Labute approximate surface area is 124 Å². The summed E-state index contributed by atoms with van der Waals surface area (Å²) >= 11 is 0. The van der Waals surface area contributed by atoms with E-state index in [2.05, 4.69) is 24.1 Å². The summed E-state index contributed by atoms with van der Waals surface area (Å²) in [5.41, 5.74) is 1.29. The Balaban J connectivity index is 1.98. The van der Waals surface area contributed by atoms with Gasteiger partial charge in [0.05, 0.1) is 31.7 Å². The third-order valence-electron chi connectivity index (χ3n) is 3.80. The number of aromatic amines is 1. The number of H-pyrrole nitrogens is 1. The van der Waals surface area contributed by atoms with Crippen LogP contribution in [0.2, 0.25) is 0 Å². The Bertz CT molecular complexity index is 629. The topological polar surface area (TPSA) is 66.4 Å². The van der Waals surface area contributed by atoms with Gasteiger partial charge in [0.25, 0.3) is 11.7 Å².